The molecule has 0 aromatic heterocycles. The van der Waals surface area contributed by atoms with Crippen molar-refractivity contribution in [3.05, 3.63) is 244 Å². The number of nitrogens with zero attached hydrogens (tertiary/aromatic N) is 2. The number of rotatable bonds is 6. The molecule has 9 rings (SSSR count). The minimum absolute atomic E-state index is 0.141. The number of ether oxygens (including phenoxy) is 2. The smallest absolute Gasteiger partial charge is 0.126 e. The molecule has 0 saturated heterocycles. The van der Waals surface area contributed by atoms with Crippen LogP contribution in [0.1, 0.15) is 247 Å². The van der Waals surface area contributed by atoms with E-state index in [-0.39, 0.29) is 81.5 Å². The summed E-state index contributed by atoms with van der Waals surface area (Å²) in [5.74, 6) is 1.85. The van der Waals surface area contributed by atoms with Gasteiger partial charge in [0.15, 0.2) is 0 Å². The summed E-state index contributed by atoms with van der Waals surface area (Å²) in [6.45, 7) is 39.8. The molecule has 1 aliphatic carbocycles. The van der Waals surface area contributed by atoms with Gasteiger partial charge in [-0.25, -0.2) is 0 Å². The Kier molecular flexibility index (Phi) is 18.1. The Bertz CT molecular complexity index is 3650. The lowest BCUT2D eigenvalue weighted by atomic mass is 9.79. The topological polar surface area (TPSA) is 147 Å². The van der Waals surface area contributed by atoms with Gasteiger partial charge in [-0.3, -0.25) is 0 Å². The Morgan fingerprint density at radius 1 is 0.289 bits per heavy atom. The van der Waals surface area contributed by atoms with E-state index < -0.39 is 0 Å². The number of hydrogen-bond donors (Lipinski definition) is 4. The van der Waals surface area contributed by atoms with E-state index in [1.165, 1.54) is 0 Å². The molecule has 0 aliphatic heterocycles. The lowest BCUT2D eigenvalue weighted by molar-refractivity contribution is 0.300. The summed E-state index contributed by atoms with van der Waals surface area (Å²) in [5, 5.41) is 71.5. The number of benzene rings is 8. The summed E-state index contributed by atoms with van der Waals surface area (Å²) in [5.41, 5.74) is 16.2. The largest absolute Gasteiger partial charge is 0.507 e. The van der Waals surface area contributed by atoms with Crippen molar-refractivity contribution in [1.82, 2.24) is 0 Å². The van der Waals surface area contributed by atoms with E-state index in [1.807, 2.05) is 24.3 Å². The zero-order valence-corrected chi connectivity index (χ0v) is 56.7. The van der Waals surface area contributed by atoms with Crippen LogP contribution in [0.15, 0.2) is 121 Å². The molecule has 0 fully saturated rings. The fourth-order valence-electron chi connectivity index (χ4n) is 12.0. The maximum Gasteiger partial charge on any atom is 0.126 e. The SMILES string of the molecule is CC(C)(C)c1cc2c(O)c(c1)Cc1cc(C(C)(C)C)cc(c1OCc1ccc(C#N)cc1)Cc1cc(C(C)(C)C)cc(c1O)Cc1cc(C(C)(C)C)cc(c1O)Cc1cc(C(C)(C)C)cc(c1OCc1ccc(C#N)cc1)Cc1cc(C(C)(C)C)cc(c1O)C2. The predicted octanol–water partition coefficient (Wildman–Crippen LogP) is 19.1. The summed E-state index contributed by atoms with van der Waals surface area (Å²) in [4.78, 5) is 0. The highest BCUT2D eigenvalue weighted by Crippen LogP contribution is 2.46. The molecule has 0 heterocycles. The summed E-state index contributed by atoms with van der Waals surface area (Å²) >= 11 is 0. The molecule has 4 N–H and O–H groups in total. The first-order valence-corrected chi connectivity index (χ1v) is 31.8. The summed E-state index contributed by atoms with van der Waals surface area (Å²) in [7, 11) is 0. The number of phenols is 4. The van der Waals surface area contributed by atoms with Crippen molar-refractivity contribution in [3.63, 3.8) is 0 Å². The van der Waals surface area contributed by atoms with Gasteiger partial charge in [0.2, 0.25) is 0 Å². The monoisotopic (exact) mass is 1200 g/mol. The highest BCUT2D eigenvalue weighted by Gasteiger charge is 2.30. The molecule has 8 aromatic rings. The fourth-order valence-corrected chi connectivity index (χ4v) is 12.0. The van der Waals surface area contributed by atoms with Crippen LogP contribution in [-0.2, 0) is 84.2 Å². The molecule has 1 aliphatic rings. The fraction of sp³-hybridized carbons (Fsp3) is 0.390. The lowest BCUT2D eigenvalue weighted by Crippen LogP contribution is -2.16. The van der Waals surface area contributed by atoms with Crippen molar-refractivity contribution in [2.45, 2.75) is 209 Å². The number of phenolic OH excluding ortho intramolecular Hbond substituents is 4. The van der Waals surface area contributed by atoms with Gasteiger partial charge in [-0.05, 0) is 168 Å². The average Bonchev–Trinajstić information content (AvgIpc) is 0.811. The molecular formula is C82H94N2O6. The van der Waals surface area contributed by atoms with E-state index >= 15 is 0 Å². The van der Waals surface area contributed by atoms with Crippen molar-refractivity contribution in [2.24, 2.45) is 0 Å². The van der Waals surface area contributed by atoms with Crippen LogP contribution >= 0.6 is 0 Å². The van der Waals surface area contributed by atoms with Crippen molar-refractivity contribution in [2.75, 3.05) is 0 Å². The zero-order chi connectivity index (χ0) is 65.8. The van der Waals surface area contributed by atoms with Gasteiger partial charge < -0.3 is 29.9 Å². The molecule has 0 unspecified atom stereocenters. The van der Waals surface area contributed by atoms with Crippen LogP contribution in [0.5, 0.6) is 34.5 Å². The summed E-state index contributed by atoms with van der Waals surface area (Å²) < 4.78 is 14.2. The molecule has 0 radical (unpaired) electrons. The normalized spacial score (nSPS) is 13.4. The van der Waals surface area contributed by atoms with E-state index in [0.717, 1.165) is 66.8 Å². The number of nitriles is 2. The predicted molar refractivity (Wildman–Crippen MR) is 365 cm³/mol. The second-order valence-corrected chi connectivity index (χ2v) is 31.6. The van der Waals surface area contributed by atoms with Gasteiger partial charge in [0.25, 0.3) is 0 Å². The Morgan fingerprint density at radius 3 is 0.622 bits per heavy atom. The first-order chi connectivity index (χ1) is 41.9. The third kappa shape index (κ3) is 14.9. The lowest BCUT2D eigenvalue weighted by Gasteiger charge is -2.28. The molecule has 8 nitrogen and oxygen atoms in total. The van der Waals surface area contributed by atoms with E-state index in [4.69, 9.17) is 9.47 Å². The molecule has 8 heteroatoms. The first kappa shape index (κ1) is 66.0. The summed E-state index contributed by atoms with van der Waals surface area (Å²) in [6, 6.07) is 45.0. The molecule has 0 atom stereocenters. The van der Waals surface area contributed by atoms with E-state index in [2.05, 4.69) is 210 Å². The van der Waals surface area contributed by atoms with Crippen LogP contribution in [0.3, 0.4) is 0 Å². The van der Waals surface area contributed by atoms with E-state index in [0.29, 0.717) is 92.8 Å². The molecule has 0 saturated carbocycles. The molecule has 0 spiro atoms. The van der Waals surface area contributed by atoms with Gasteiger partial charge >= 0.3 is 0 Å². The van der Waals surface area contributed by atoms with Gasteiger partial charge in [0, 0.05) is 38.5 Å². The standard InChI is InChI=1S/C82H94N2O6/c1-77(2,3)65-33-53-27-54-34-66(78(4,5)6)38-58(72(54)86)30-63-43-70(82(16,17)18)44-64(76(63)90-48-52-25-21-50(46-84)22-26-52)32-60-40-68(80(10,11)12)36-56(74(60)88)28-55-35-67(79(7,8)9)39-59(73(55)87)31-62-42-69(81(13,14)15)41-61(29-57(37-65)71(53)85)75(62)89-47-51-23-19-49(45-83)20-24-51/h19-26,33-44,85-88H,27-32,47-48H2,1-18H3. The van der Waals surface area contributed by atoms with Crippen LogP contribution in [0.4, 0.5) is 0 Å². The molecule has 0 amide bonds. The molecule has 90 heavy (non-hydrogen) atoms. The minimum Gasteiger partial charge on any atom is -0.507 e. The zero-order valence-electron chi connectivity index (χ0n) is 56.7. The summed E-state index contributed by atoms with van der Waals surface area (Å²) in [6.07, 6.45) is 1.64. The second kappa shape index (κ2) is 24.7. The number of aromatic hydroxyl groups is 4. The van der Waals surface area contributed by atoms with Crippen LogP contribution in [0.25, 0.3) is 0 Å². The van der Waals surface area contributed by atoms with Crippen molar-refractivity contribution >= 4 is 0 Å². The second-order valence-electron chi connectivity index (χ2n) is 31.6. The highest BCUT2D eigenvalue weighted by molar-refractivity contribution is 5.61. The first-order valence-electron chi connectivity index (χ1n) is 31.8. The third-order valence-electron chi connectivity index (χ3n) is 18.0. The van der Waals surface area contributed by atoms with Gasteiger partial charge in [0.05, 0.1) is 23.3 Å². The molecule has 468 valence electrons. The molecular weight excluding hydrogens is 1110 g/mol. The third-order valence-corrected chi connectivity index (χ3v) is 18.0. The van der Waals surface area contributed by atoms with Gasteiger partial charge in [-0.2, -0.15) is 10.5 Å². The minimum atomic E-state index is -0.337. The van der Waals surface area contributed by atoms with Crippen LogP contribution < -0.4 is 9.47 Å². The molecule has 12 bridgehead atoms. The maximum atomic E-state index is 13.0. The van der Waals surface area contributed by atoms with Gasteiger partial charge in [-0.15, -0.1) is 0 Å². The quantitative estimate of drug-likeness (QED) is 0.129. The maximum absolute atomic E-state index is 13.0. The average molecular weight is 1200 g/mol. The Morgan fingerprint density at radius 2 is 0.456 bits per heavy atom. The Labute approximate surface area is 536 Å². The van der Waals surface area contributed by atoms with Crippen LogP contribution in [-0.4, -0.2) is 20.4 Å². The van der Waals surface area contributed by atoms with E-state index in [9.17, 15) is 30.9 Å². The number of hydrogen-bond acceptors (Lipinski definition) is 8. The van der Waals surface area contributed by atoms with Crippen molar-refractivity contribution < 1.29 is 29.9 Å². The number of fused-ring (bicyclic) bond motifs is 12. The van der Waals surface area contributed by atoms with Crippen molar-refractivity contribution in [1.29, 1.82) is 10.5 Å². The Balaban J connectivity index is 1.37. The van der Waals surface area contributed by atoms with Crippen LogP contribution in [0.2, 0.25) is 0 Å². The van der Waals surface area contributed by atoms with Gasteiger partial charge in [0.1, 0.15) is 47.7 Å². The van der Waals surface area contributed by atoms with Crippen LogP contribution in [0, 0.1) is 22.7 Å². The van der Waals surface area contributed by atoms with Gasteiger partial charge in [-0.1, -0.05) is 222 Å². The highest BCUT2D eigenvalue weighted by atomic mass is 16.5. The van der Waals surface area contributed by atoms with Crippen molar-refractivity contribution in [3.8, 4) is 46.6 Å². The Hall–Kier alpha value is -8.46. The molecule has 8 aromatic carbocycles. The van der Waals surface area contributed by atoms with E-state index in [1.54, 1.807) is 24.3 Å².